The van der Waals surface area contributed by atoms with Crippen molar-refractivity contribution < 1.29 is 4.79 Å². The van der Waals surface area contributed by atoms with Crippen molar-refractivity contribution in [3.8, 4) is 0 Å². The number of nitrogens with one attached hydrogen (secondary N) is 1. The summed E-state index contributed by atoms with van der Waals surface area (Å²) in [6.07, 6.45) is 3.64. The third-order valence-corrected chi connectivity index (χ3v) is 5.54. The molecule has 6 heteroatoms. The van der Waals surface area contributed by atoms with Crippen LogP contribution in [0.1, 0.15) is 25.7 Å². The quantitative estimate of drug-likeness (QED) is 0.917. The van der Waals surface area contributed by atoms with Crippen molar-refractivity contribution in [1.82, 2.24) is 19.4 Å². The first-order chi connectivity index (χ1) is 11.7. The van der Waals surface area contributed by atoms with Crippen molar-refractivity contribution in [2.75, 3.05) is 13.1 Å². The Morgan fingerprint density at radius 1 is 1.17 bits per heavy atom. The van der Waals surface area contributed by atoms with Crippen LogP contribution in [0.3, 0.4) is 0 Å². The second-order valence-corrected chi connectivity index (χ2v) is 6.91. The fraction of sp³-hybridized carbons (Fsp3) is 0.556. The van der Waals surface area contributed by atoms with Gasteiger partial charge in [0.25, 0.3) is 0 Å². The van der Waals surface area contributed by atoms with E-state index in [-0.39, 0.29) is 11.6 Å². The van der Waals surface area contributed by atoms with E-state index >= 15 is 0 Å². The van der Waals surface area contributed by atoms with Gasteiger partial charge in [-0.1, -0.05) is 12.1 Å². The summed E-state index contributed by atoms with van der Waals surface area (Å²) in [6.45, 7) is 2.34. The van der Waals surface area contributed by atoms with Crippen molar-refractivity contribution in [2.45, 2.75) is 44.3 Å². The number of hydrogen-bond acceptors (Lipinski definition) is 3. The molecular weight excluding hydrogens is 304 g/mol. The van der Waals surface area contributed by atoms with Gasteiger partial charge in [0, 0.05) is 38.6 Å². The third kappa shape index (κ3) is 2.45. The van der Waals surface area contributed by atoms with E-state index in [1.165, 1.54) is 0 Å². The highest BCUT2D eigenvalue weighted by Crippen LogP contribution is 2.28. The van der Waals surface area contributed by atoms with Crippen LogP contribution in [0.4, 0.5) is 0 Å². The van der Waals surface area contributed by atoms with Crippen molar-refractivity contribution >= 4 is 16.9 Å². The van der Waals surface area contributed by atoms with Gasteiger partial charge < -0.3 is 10.2 Å². The monoisotopic (exact) mass is 328 g/mol. The molecule has 4 rings (SSSR count). The average molecular weight is 328 g/mol. The number of benzene rings is 1. The topological polar surface area (TPSA) is 59.3 Å². The van der Waals surface area contributed by atoms with Crippen LogP contribution in [0.5, 0.6) is 0 Å². The first-order valence-electron chi connectivity index (χ1n) is 8.83. The number of nitrogens with zero attached hydrogens (tertiary/aromatic N) is 3. The van der Waals surface area contributed by atoms with Gasteiger partial charge in [0.1, 0.15) is 0 Å². The molecule has 0 aliphatic carbocycles. The number of fused-ring (bicyclic) bond motifs is 3. The van der Waals surface area contributed by atoms with E-state index in [0.717, 1.165) is 43.4 Å². The molecule has 0 spiro atoms. The lowest BCUT2D eigenvalue weighted by atomic mass is 10.1. The number of carbonyl (C=O) groups is 1. The maximum Gasteiger partial charge on any atom is 0.328 e. The van der Waals surface area contributed by atoms with Gasteiger partial charge in [0.2, 0.25) is 5.91 Å². The predicted molar refractivity (Wildman–Crippen MR) is 92.9 cm³/mol. The Labute approximate surface area is 141 Å². The summed E-state index contributed by atoms with van der Waals surface area (Å²) in [6, 6.07) is 8.45. The molecule has 0 saturated carbocycles. The Balaban J connectivity index is 1.54. The van der Waals surface area contributed by atoms with E-state index in [1.54, 1.807) is 16.2 Å². The smallest absolute Gasteiger partial charge is 0.328 e. The van der Waals surface area contributed by atoms with Crippen LogP contribution in [0.15, 0.2) is 29.1 Å². The zero-order valence-electron chi connectivity index (χ0n) is 14.1. The maximum absolute atomic E-state index is 12.8. The molecule has 6 nitrogen and oxygen atoms in total. The molecule has 1 N–H and O–H groups in total. The number of para-hydroxylation sites is 2. The Morgan fingerprint density at radius 3 is 2.75 bits per heavy atom. The van der Waals surface area contributed by atoms with Crippen LogP contribution in [0.25, 0.3) is 11.0 Å². The molecule has 1 amide bonds. The molecule has 3 heterocycles. The summed E-state index contributed by atoms with van der Waals surface area (Å²) in [5, 5.41) is 3.42. The van der Waals surface area contributed by atoms with Gasteiger partial charge in [0.15, 0.2) is 0 Å². The normalized spacial score (nSPS) is 23.6. The van der Waals surface area contributed by atoms with Crippen molar-refractivity contribution in [2.24, 2.45) is 7.05 Å². The number of imidazole rings is 1. The lowest BCUT2D eigenvalue weighted by molar-refractivity contribution is -0.134. The minimum absolute atomic E-state index is 0.0514. The SMILES string of the molecule is Cn1c(=O)n(CCC(=O)N2C3CCNCC2CC3)c2ccccc21. The Morgan fingerprint density at radius 2 is 1.92 bits per heavy atom. The lowest BCUT2D eigenvalue weighted by Crippen LogP contribution is -2.43. The first kappa shape index (κ1) is 15.4. The van der Waals surface area contributed by atoms with E-state index in [9.17, 15) is 9.59 Å². The van der Waals surface area contributed by atoms with Crippen LogP contribution in [0.2, 0.25) is 0 Å². The molecule has 2 aliphatic rings. The zero-order chi connectivity index (χ0) is 16.7. The molecule has 2 unspecified atom stereocenters. The summed E-state index contributed by atoms with van der Waals surface area (Å²) in [4.78, 5) is 27.4. The summed E-state index contributed by atoms with van der Waals surface area (Å²) in [7, 11) is 1.78. The molecule has 2 bridgehead atoms. The van der Waals surface area contributed by atoms with Crippen molar-refractivity contribution in [1.29, 1.82) is 0 Å². The fourth-order valence-corrected chi connectivity index (χ4v) is 4.31. The predicted octanol–water partition coefficient (Wildman–Crippen LogP) is 1.08. The van der Waals surface area contributed by atoms with Crippen LogP contribution < -0.4 is 11.0 Å². The van der Waals surface area contributed by atoms with Gasteiger partial charge in [-0.05, 0) is 37.9 Å². The highest BCUT2D eigenvalue weighted by molar-refractivity contribution is 5.78. The van der Waals surface area contributed by atoms with Crippen LogP contribution in [-0.2, 0) is 18.4 Å². The van der Waals surface area contributed by atoms with E-state index in [1.807, 2.05) is 24.3 Å². The molecule has 24 heavy (non-hydrogen) atoms. The minimum atomic E-state index is -0.0514. The summed E-state index contributed by atoms with van der Waals surface area (Å²) >= 11 is 0. The minimum Gasteiger partial charge on any atom is -0.335 e. The van der Waals surface area contributed by atoms with E-state index < -0.39 is 0 Å². The summed E-state index contributed by atoms with van der Waals surface area (Å²) < 4.78 is 3.38. The zero-order valence-corrected chi connectivity index (χ0v) is 14.1. The molecule has 2 saturated heterocycles. The first-order valence-corrected chi connectivity index (χ1v) is 8.83. The van der Waals surface area contributed by atoms with Gasteiger partial charge in [-0.3, -0.25) is 13.9 Å². The number of amides is 1. The molecule has 2 atom stereocenters. The Bertz CT molecular complexity index is 808. The van der Waals surface area contributed by atoms with Gasteiger partial charge in [-0.25, -0.2) is 4.79 Å². The molecular formula is C18H24N4O2. The standard InChI is InChI=1S/C18H24N4O2/c1-20-15-4-2-3-5-16(15)21(18(20)24)11-9-17(23)22-13-6-7-14(22)12-19-10-8-13/h2-5,13-14,19H,6-12H2,1H3. The highest BCUT2D eigenvalue weighted by Gasteiger charge is 2.37. The summed E-state index contributed by atoms with van der Waals surface area (Å²) in [5.41, 5.74) is 1.76. The van der Waals surface area contributed by atoms with Gasteiger partial charge >= 0.3 is 5.69 Å². The van der Waals surface area contributed by atoms with Crippen LogP contribution >= 0.6 is 0 Å². The van der Waals surface area contributed by atoms with Crippen molar-refractivity contribution in [3.05, 3.63) is 34.7 Å². The molecule has 2 aliphatic heterocycles. The Kier molecular flexibility index (Phi) is 3.92. The van der Waals surface area contributed by atoms with E-state index in [0.29, 0.717) is 25.0 Å². The molecule has 2 fully saturated rings. The van der Waals surface area contributed by atoms with E-state index in [4.69, 9.17) is 0 Å². The lowest BCUT2D eigenvalue weighted by Gasteiger charge is -2.28. The second-order valence-electron chi connectivity index (χ2n) is 6.91. The maximum atomic E-state index is 12.8. The average Bonchev–Trinajstić information content (AvgIpc) is 2.99. The van der Waals surface area contributed by atoms with Gasteiger partial charge in [0.05, 0.1) is 11.0 Å². The van der Waals surface area contributed by atoms with Crippen LogP contribution in [0, 0.1) is 0 Å². The Hall–Kier alpha value is -2.08. The fourth-order valence-electron chi connectivity index (χ4n) is 4.31. The second kappa shape index (κ2) is 6.09. The largest absolute Gasteiger partial charge is 0.335 e. The number of aromatic nitrogens is 2. The van der Waals surface area contributed by atoms with Gasteiger partial charge in [-0.15, -0.1) is 0 Å². The van der Waals surface area contributed by atoms with Gasteiger partial charge in [-0.2, -0.15) is 0 Å². The number of carbonyl (C=O) groups excluding carboxylic acids is 1. The molecule has 0 radical (unpaired) electrons. The molecule has 1 aromatic heterocycles. The van der Waals surface area contributed by atoms with Crippen molar-refractivity contribution in [3.63, 3.8) is 0 Å². The highest BCUT2D eigenvalue weighted by atomic mass is 16.2. The number of hydrogen-bond donors (Lipinski definition) is 1. The third-order valence-electron chi connectivity index (χ3n) is 5.54. The molecule has 1 aromatic carbocycles. The van der Waals surface area contributed by atoms with E-state index in [2.05, 4.69) is 10.2 Å². The number of aryl methyl sites for hydroxylation is 2. The molecule has 2 aromatic rings. The number of rotatable bonds is 3. The summed E-state index contributed by atoms with van der Waals surface area (Å²) in [5.74, 6) is 0.186. The van der Waals surface area contributed by atoms with Crippen LogP contribution in [-0.4, -0.2) is 45.1 Å². The molecule has 128 valence electrons.